The standard InChI is InChI=1S/C15H23N7O4S/c1-18-14(25)7(16)2-3-27-4-8-10(23)11(24)15(26-8)22-6-21-9-12(17)19-5-20-13(9)22/h5-8,10-11,15,23-24H,2-4,16H2,1H3,(H,18,25)(H2,17,19,20)/t7-,8-,10-,11-,15-/m1/s1. The Hall–Kier alpha value is -1.99. The van der Waals surface area contributed by atoms with Crippen molar-refractivity contribution in [1.29, 1.82) is 0 Å². The van der Waals surface area contributed by atoms with Gasteiger partial charge >= 0.3 is 0 Å². The first-order chi connectivity index (χ1) is 12.9. The first-order valence-corrected chi connectivity index (χ1v) is 9.59. The highest BCUT2D eigenvalue weighted by atomic mass is 32.2. The lowest BCUT2D eigenvalue weighted by atomic mass is 10.1. The molecule has 5 atom stereocenters. The number of nitrogen functional groups attached to an aromatic ring is 1. The van der Waals surface area contributed by atoms with Gasteiger partial charge in [-0.05, 0) is 12.2 Å². The van der Waals surface area contributed by atoms with Gasteiger partial charge in [0, 0.05) is 12.8 Å². The van der Waals surface area contributed by atoms with Crippen molar-refractivity contribution in [2.75, 3.05) is 24.3 Å². The molecule has 1 saturated heterocycles. The lowest BCUT2D eigenvalue weighted by Gasteiger charge is -2.16. The zero-order chi connectivity index (χ0) is 19.6. The molecule has 0 unspecified atom stereocenters. The molecule has 0 aliphatic carbocycles. The van der Waals surface area contributed by atoms with Crippen molar-refractivity contribution in [3.8, 4) is 0 Å². The van der Waals surface area contributed by atoms with Crippen molar-refractivity contribution in [3.63, 3.8) is 0 Å². The van der Waals surface area contributed by atoms with E-state index < -0.39 is 30.6 Å². The second kappa shape index (κ2) is 8.35. The van der Waals surface area contributed by atoms with Gasteiger partial charge in [-0.15, -0.1) is 0 Å². The molecule has 0 spiro atoms. The van der Waals surface area contributed by atoms with Crippen LogP contribution in [0.2, 0.25) is 0 Å². The number of thioether (sulfide) groups is 1. The van der Waals surface area contributed by atoms with Gasteiger partial charge in [-0.3, -0.25) is 9.36 Å². The van der Waals surface area contributed by atoms with Crippen LogP contribution in [0.15, 0.2) is 12.7 Å². The molecule has 11 nitrogen and oxygen atoms in total. The predicted octanol–water partition coefficient (Wildman–Crippen LogP) is -1.78. The van der Waals surface area contributed by atoms with Gasteiger partial charge in [0.1, 0.15) is 24.1 Å². The van der Waals surface area contributed by atoms with Crippen LogP contribution in [0.1, 0.15) is 12.6 Å². The van der Waals surface area contributed by atoms with Crippen LogP contribution in [-0.2, 0) is 9.53 Å². The number of carbonyl (C=O) groups is 1. The zero-order valence-corrected chi connectivity index (χ0v) is 15.5. The van der Waals surface area contributed by atoms with Crippen LogP contribution in [0.5, 0.6) is 0 Å². The number of nitrogens with one attached hydrogen (secondary N) is 1. The highest BCUT2D eigenvalue weighted by molar-refractivity contribution is 7.99. The maximum Gasteiger partial charge on any atom is 0.236 e. The van der Waals surface area contributed by atoms with Crippen LogP contribution in [-0.4, -0.2) is 78.5 Å². The summed E-state index contributed by atoms with van der Waals surface area (Å²) in [5.74, 6) is 1.08. The number of ether oxygens (including phenoxy) is 1. The van der Waals surface area contributed by atoms with E-state index in [4.69, 9.17) is 16.2 Å². The smallest absolute Gasteiger partial charge is 0.236 e. The first kappa shape index (κ1) is 19.8. The minimum absolute atomic E-state index is 0.212. The largest absolute Gasteiger partial charge is 0.387 e. The molecule has 1 aliphatic rings. The molecule has 1 amide bonds. The van der Waals surface area contributed by atoms with Gasteiger partial charge in [0.25, 0.3) is 0 Å². The summed E-state index contributed by atoms with van der Waals surface area (Å²) < 4.78 is 7.38. The monoisotopic (exact) mass is 397 g/mol. The van der Waals surface area contributed by atoms with Crippen LogP contribution in [0.4, 0.5) is 5.82 Å². The summed E-state index contributed by atoms with van der Waals surface area (Å²) in [6.07, 6.45) is -0.364. The van der Waals surface area contributed by atoms with Crippen molar-refractivity contribution in [2.45, 2.75) is 37.0 Å². The van der Waals surface area contributed by atoms with Gasteiger partial charge in [0.15, 0.2) is 17.7 Å². The molecule has 12 heteroatoms. The van der Waals surface area contributed by atoms with E-state index in [0.717, 1.165) is 0 Å². The molecule has 7 N–H and O–H groups in total. The van der Waals surface area contributed by atoms with Gasteiger partial charge in [-0.1, -0.05) is 0 Å². The average Bonchev–Trinajstić information content (AvgIpc) is 3.21. The molecule has 2 aromatic rings. The number of aliphatic hydroxyl groups is 2. The molecule has 3 heterocycles. The minimum Gasteiger partial charge on any atom is -0.387 e. The number of likely N-dealkylation sites (N-methyl/N-ethyl adjacent to an activating group) is 1. The van der Waals surface area contributed by atoms with Gasteiger partial charge < -0.3 is 31.7 Å². The Bertz CT molecular complexity index is 804. The molecule has 2 aromatic heterocycles. The van der Waals surface area contributed by atoms with Crippen LogP contribution in [0, 0.1) is 0 Å². The van der Waals surface area contributed by atoms with Gasteiger partial charge in [0.2, 0.25) is 5.91 Å². The summed E-state index contributed by atoms with van der Waals surface area (Å²) in [4.78, 5) is 23.5. The Morgan fingerprint density at radius 3 is 2.93 bits per heavy atom. The maximum absolute atomic E-state index is 11.4. The SMILES string of the molecule is CNC(=O)[C@H](N)CCSC[C@H]1O[C@@H](n2cnc3c(N)ncnc32)[C@H](O)[C@@H]1O. The number of amides is 1. The molecule has 148 valence electrons. The molecular weight excluding hydrogens is 374 g/mol. The molecular formula is C15H23N7O4S. The number of hydrogen-bond donors (Lipinski definition) is 5. The summed E-state index contributed by atoms with van der Waals surface area (Å²) in [5, 5.41) is 23.2. The summed E-state index contributed by atoms with van der Waals surface area (Å²) in [6.45, 7) is 0. The number of aliphatic hydroxyl groups excluding tert-OH is 2. The number of aromatic nitrogens is 4. The third-order valence-electron chi connectivity index (χ3n) is 4.44. The van der Waals surface area contributed by atoms with E-state index in [9.17, 15) is 15.0 Å². The van der Waals surface area contributed by atoms with Crippen LogP contribution >= 0.6 is 11.8 Å². The second-order valence-corrected chi connectivity index (χ2v) is 7.36. The Morgan fingerprint density at radius 1 is 1.41 bits per heavy atom. The molecule has 0 aromatic carbocycles. The second-order valence-electron chi connectivity index (χ2n) is 6.21. The molecule has 0 saturated carbocycles. The molecule has 27 heavy (non-hydrogen) atoms. The van der Waals surface area contributed by atoms with E-state index in [1.54, 1.807) is 0 Å². The predicted molar refractivity (Wildman–Crippen MR) is 99.6 cm³/mol. The Kier molecular flexibility index (Phi) is 6.11. The number of nitrogens with two attached hydrogens (primary N) is 2. The number of fused-ring (bicyclic) bond motifs is 1. The Labute approximate surface area is 159 Å². The van der Waals surface area contributed by atoms with E-state index in [1.165, 1.54) is 36.0 Å². The quantitative estimate of drug-likeness (QED) is 0.336. The third-order valence-corrected chi connectivity index (χ3v) is 5.53. The van der Waals surface area contributed by atoms with Crippen LogP contribution in [0.3, 0.4) is 0 Å². The average molecular weight is 397 g/mol. The van der Waals surface area contributed by atoms with Crippen molar-refractivity contribution in [3.05, 3.63) is 12.7 Å². The highest BCUT2D eigenvalue weighted by Gasteiger charge is 2.44. The van der Waals surface area contributed by atoms with E-state index >= 15 is 0 Å². The highest BCUT2D eigenvalue weighted by Crippen LogP contribution is 2.33. The lowest BCUT2D eigenvalue weighted by molar-refractivity contribution is -0.121. The summed E-state index contributed by atoms with van der Waals surface area (Å²) in [5.41, 5.74) is 12.3. The van der Waals surface area contributed by atoms with E-state index in [1.807, 2.05) is 0 Å². The summed E-state index contributed by atoms with van der Waals surface area (Å²) >= 11 is 1.49. The number of anilines is 1. The summed E-state index contributed by atoms with van der Waals surface area (Å²) in [6, 6.07) is -0.572. The zero-order valence-electron chi connectivity index (χ0n) is 14.7. The third kappa shape index (κ3) is 3.99. The molecule has 1 fully saturated rings. The fourth-order valence-electron chi connectivity index (χ4n) is 2.88. The molecule has 0 radical (unpaired) electrons. The topological polar surface area (TPSA) is 174 Å². The minimum atomic E-state index is -1.14. The molecule has 3 rings (SSSR count). The fourth-order valence-corrected chi connectivity index (χ4v) is 3.97. The molecule has 1 aliphatic heterocycles. The number of rotatable bonds is 7. The Morgan fingerprint density at radius 2 is 2.19 bits per heavy atom. The van der Waals surface area contributed by atoms with E-state index in [-0.39, 0.29) is 11.7 Å². The van der Waals surface area contributed by atoms with Crippen molar-refractivity contribution >= 4 is 34.7 Å². The lowest BCUT2D eigenvalue weighted by Crippen LogP contribution is -2.39. The Balaban J connectivity index is 1.60. The van der Waals surface area contributed by atoms with Gasteiger partial charge in [-0.2, -0.15) is 11.8 Å². The number of imidazole rings is 1. The van der Waals surface area contributed by atoms with Gasteiger partial charge in [0.05, 0.1) is 18.5 Å². The van der Waals surface area contributed by atoms with Gasteiger partial charge in [-0.25, -0.2) is 15.0 Å². The number of hydrogen-bond acceptors (Lipinski definition) is 10. The molecule has 0 bridgehead atoms. The first-order valence-electron chi connectivity index (χ1n) is 8.43. The fraction of sp³-hybridized carbons (Fsp3) is 0.600. The van der Waals surface area contributed by atoms with Crippen molar-refractivity contribution < 1.29 is 19.7 Å². The van der Waals surface area contributed by atoms with Crippen molar-refractivity contribution in [2.24, 2.45) is 5.73 Å². The number of carbonyl (C=O) groups excluding carboxylic acids is 1. The van der Waals surface area contributed by atoms with E-state index in [2.05, 4.69) is 20.3 Å². The summed E-state index contributed by atoms with van der Waals surface area (Å²) in [7, 11) is 1.54. The normalized spacial score (nSPS) is 26.4. The van der Waals surface area contributed by atoms with E-state index in [0.29, 0.717) is 29.1 Å². The van der Waals surface area contributed by atoms with Crippen LogP contribution < -0.4 is 16.8 Å². The number of nitrogens with zero attached hydrogens (tertiary/aromatic N) is 4. The maximum atomic E-state index is 11.4. The van der Waals surface area contributed by atoms with Crippen molar-refractivity contribution in [1.82, 2.24) is 24.8 Å². The van der Waals surface area contributed by atoms with Crippen LogP contribution in [0.25, 0.3) is 11.2 Å².